The molecular weight excluding hydrogens is 166 g/mol. The van der Waals surface area contributed by atoms with Crippen LogP contribution < -0.4 is 0 Å². The van der Waals surface area contributed by atoms with Crippen LogP contribution in [-0.2, 0) is 9.53 Å². The topological polar surface area (TPSA) is 29.5 Å². The van der Waals surface area contributed by atoms with E-state index in [1.807, 2.05) is 14.1 Å². The molecule has 3 nitrogen and oxygen atoms in total. The zero-order valence-corrected chi connectivity index (χ0v) is 9.39. The van der Waals surface area contributed by atoms with Crippen LogP contribution in [0.2, 0.25) is 0 Å². The van der Waals surface area contributed by atoms with E-state index in [0.717, 1.165) is 13.0 Å². The van der Waals surface area contributed by atoms with E-state index in [1.165, 1.54) is 7.11 Å². The number of ether oxygens (including phenoxy) is 1. The Kier molecular flexibility index (Phi) is 4.99. The van der Waals surface area contributed by atoms with Crippen molar-refractivity contribution in [2.45, 2.75) is 26.7 Å². The van der Waals surface area contributed by atoms with E-state index < -0.39 is 0 Å². The number of rotatable bonds is 5. The predicted octanol–water partition coefficient (Wildman–Crippen LogP) is 1.53. The lowest BCUT2D eigenvalue weighted by Crippen LogP contribution is -2.24. The van der Waals surface area contributed by atoms with E-state index >= 15 is 0 Å². The number of nitrogens with zero attached hydrogens (tertiary/aromatic N) is 1. The first kappa shape index (κ1) is 12.4. The third kappa shape index (κ3) is 6.58. The lowest BCUT2D eigenvalue weighted by molar-refractivity contribution is -0.143. The molecule has 0 radical (unpaired) electrons. The molecular formula is C10H21NO2. The maximum absolute atomic E-state index is 11.0. The highest BCUT2D eigenvalue weighted by Crippen LogP contribution is 2.25. The smallest absolute Gasteiger partial charge is 0.306 e. The lowest BCUT2D eigenvalue weighted by Gasteiger charge is -2.24. The maximum Gasteiger partial charge on any atom is 0.306 e. The summed E-state index contributed by atoms with van der Waals surface area (Å²) in [6.07, 6.45) is 1.51. The molecule has 78 valence electrons. The molecule has 0 aromatic rings. The van der Waals surface area contributed by atoms with Crippen LogP contribution in [0.5, 0.6) is 0 Å². The van der Waals surface area contributed by atoms with Crippen molar-refractivity contribution in [2.24, 2.45) is 5.41 Å². The number of hydrogen-bond acceptors (Lipinski definition) is 3. The van der Waals surface area contributed by atoms with Crippen LogP contribution >= 0.6 is 0 Å². The van der Waals surface area contributed by atoms with Gasteiger partial charge in [-0.2, -0.15) is 0 Å². The minimum Gasteiger partial charge on any atom is -0.469 e. The van der Waals surface area contributed by atoms with Gasteiger partial charge in [0.2, 0.25) is 0 Å². The number of carbonyl (C=O) groups excluding carboxylic acids is 1. The van der Waals surface area contributed by atoms with Crippen LogP contribution in [0.4, 0.5) is 0 Å². The van der Waals surface area contributed by atoms with Gasteiger partial charge in [0.1, 0.15) is 0 Å². The fourth-order valence-corrected chi connectivity index (χ4v) is 1.08. The van der Waals surface area contributed by atoms with E-state index in [2.05, 4.69) is 23.5 Å². The second kappa shape index (κ2) is 5.22. The summed E-state index contributed by atoms with van der Waals surface area (Å²) in [5, 5.41) is 0. The summed E-state index contributed by atoms with van der Waals surface area (Å²) in [6.45, 7) is 5.19. The van der Waals surface area contributed by atoms with Gasteiger partial charge < -0.3 is 9.64 Å². The third-order valence-corrected chi connectivity index (χ3v) is 2.09. The van der Waals surface area contributed by atoms with Crippen molar-refractivity contribution in [3.8, 4) is 0 Å². The number of carbonyl (C=O) groups is 1. The van der Waals surface area contributed by atoms with E-state index in [0.29, 0.717) is 6.42 Å². The lowest BCUT2D eigenvalue weighted by atomic mass is 9.85. The van der Waals surface area contributed by atoms with Gasteiger partial charge in [-0.05, 0) is 32.5 Å². The molecule has 0 amide bonds. The Morgan fingerprint density at radius 1 is 1.38 bits per heavy atom. The Hall–Kier alpha value is -0.570. The van der Waals surface area contributed by atoms with Gasteiger partial charge >= 0.3 is 5.97 Å². The van der Waals surface area contributed by atoms with Crippen molar-refractivity contribution in [2.75, 3.05) is 27.7 Å². The van der Waals surface area contributed by atoms with Crippen LogP contribution in [-0.4, -0.2) is 38.6 Å². The van der Waals surface area contributed by atoms with E-state index in [1.54, 1.807) is 0 Å². The van der Waals surface area contributed by atoms with Crippen molar-refractivity contribution in [3.63, 3.8) is 0 Å². The molecule has 0 rings (SSSR count). The summed E-state index contributed by atoms with van der Waals surface area (Å²) in [5.74, 6) is -0.122. The third-order valence-electron chi connectivity index (χ3n) is 2.09. The Morgan fingerprint density at radius 2 is 1.92 bits per heavy atom. The van der Waals surface area contributed by atoms with Crippen LogP contribution in [0.15, 0.2) is 0 Å². The first-order valence-electron chi connectivity index (χ1n) is 4.59. The Bertz CT molecular complexity index is 164. The van der Waals surface area contributed by atoms with Gasteiger partial charge in [-0.3, -0.25) is 4.79 Å². The van der Waals surface area contributed by atoms with Crippen molar-refractivity contribution < 1.29 is 9.53 Å². The van der Waals surface area contributed by atoms with E-state index in [4.69, 9.17) is 0 Å². The van der Waals surface area contributed by atoms with Gasteiger partial charge in [-0.25, -0.2) is 0 Å². The quantitative estimate of drug-likeness (QED) is 0.611. The summed E-state index contributed by atoms with van der Waals surface area (Å²) in [6, 6.07) is 0. The van der Waals surface area contributed by atoms with Crippen LogP contribution in [0.1, 0.15) is 26.7 Å². The largest absolute Gasteiger partial charge is 0.469 e. The van der Waals surface area contributed by atoms with E-state index in [-0.39, 0.29) is 11.4 Å². The predicted molar refractivity (Wildman–Crippen MR) is 53.6 cm³/mol. The molecule has 0 bridgehead atoms. The second-order valence-corrected chi connectivity index (χ2v) is 4.47. The highest BCUT2D eigenvalue weighted by molar-refractivity contribution is 5.69. The zero-order chi connectivity index (χ0) is 10.5. The molecule has 0 N–H and O–H groups in total. The minimum absolute atomic E-state index is 0.0391. The van der Waals surface area contributed by atoms with Crippen molar-refractivity contribution in [1.29, 1.82) is 0 Å². The van der Waals surface area contributed by atoms with Gasteiger partial charge in [0.25, 0.3) is 0 Å². The molecule has 13 heavy (non-hydrogen) atoms. The molecule has 0 aromatic heterocycles. The first-order valence-corrected chi connectivity index (χ1v) is 4.59. The Labute approximate surface area is 81.1 Å². The molecule has 0 heterocycles. The Morgan fingerprint density at radius 3 is 2.31 bits per heavy atom. The molecule has 0 saturated carbocycles. The van der Waals surface area contributed by atoms with Crippen molar-refractivity contribution in [3.05, 3.63) is 0 Å². The molecule has 0 fully saturated rings. The van der Waals surface area contributed by atoms with Gasteiger partial charge in [0.05, 0.1) is 13.5 Å². The van der Waals surface area contributed by atoms with Crippen LogP contribution in [0.3, 0.4) is 0 Å². The molecule has 0 aromatic carbocycles. The Balaban J connectivity index is 3.86. The number of hydrogen-bond donors (Lipinski definition) is 0. The average molecular weight is 187 g/mol. The zero-order valence-electron chi connectivity index (χ0n) is 9.39. The fraction of sp³-hybridized carbons (Fsp3) is 0.900. The second-order valence-electron chi connectivity index (χ2n) is 4.47. The molecule has 0 saturated heterocycles. The standard InChI is InChI=1S/C10H21NO2/c1-10(2,6-7-11(3)4)8-9(12)13-5/h6-8H2,1-5H3. The van der Waals surface area contributed by atoms with Crippen molar-refractivity contribution >= 4 is 5.97 Å². The molecule has 0 unspecified atom stereocenters. The first-order chi connectivity index (χ1) is 5.87. The molecule has 3 heteroatoms. The van der Waals surface area contributed by atoms with Crippen LogP contribution in [0.25, 0.3) is 0 Å². The maximum atomic E-state index is 11.0. The summed E-state index contributed by atoms with van der Waals surface area (Å²) < 4.78 is 4.64. The highest BCUT2D eigenvalue weighted by Gasteiger charge is 2.22. The highest BCUT2D eigenvalue weighted by atomic mass is 16.5. The van der Waals surface area contributed by atoms with Gasteiger partial charge in [0.15, 0.2) is 0 Å². The van der Waals surface area contributed by atoms with Crippen molar-refractivity contribution in [1.82, 2.24) is 4.90 Å². The average Bonchev–Trinajstić information content (AvgIpc) is 2.00. The van der Waals surface area contributed by atoms with Gasteiger partial charge in [-0.15, -0.1) is 0 Å². The SMILES string of the molecule is COC(=O)CC(C)(C)CCN(C)C. The van der Waals surface area contributed by atoms with E-state index in [9.17, 15) is 4.79 Å². The molecule has 0 aliphatic rings. The fourth-order valence-electron chi connectivity index (χ4n) is 1.08. The summed E-state index contributed by atoms with van der Waals surface area (Å²) in [5.41, 5.74) is 0.0391. The van der Waals surface area contributed by atoms with Gasteiger partial charge in [-0.1, -0.05) is 13.8 Å². The number of esters is 1. The molecule has 0 aliphatic heterocycles. The normalized spacial score (nSPS) is 11.8. The molecule has 0 aliphatic carbocycles. The molecule has 0 atom stereocenters. The summed E-state index contributed by atoms with van der Waals surface area (Å²) in [7, 11) is 5.51. The van der Waals surface area contributed by atoms with Gasteiger partial charge in [0, 0.05) is 0 Å². The van der Waals surface area contributed by atoms with Crippen LogP contribution in [0, 0.1) is 5.41 Å². The monoisotopic (exact) mass is 187 g/mol. The molecule has 0 spiro atoms. The minimum atomic E-state index is -0.122. The summed E-state index contributed by atoms with van der Waals surface area (Å²) >= 11 is 0. The number of methoxy groups -OCH3 is 1. The summed E-state index contributed by atoms with van der Waals surface area (Å²) in [4.78, 5) is 13.2.